The van der Waals surface area contributed by atoms with E-state index in [0.29, 0.717) is 12.3 Å². The Morgan fingerprint density at radius 3 is 2.25 bits per heavy atom. The third-order valence-corrected chi connectivity index (χ3v) is 2.92. The summed E-state index contributed by atoms with van der Waals surface area (Å²) < 4.78 is 0. The van der Waals surface area contributed by atoms with Gasteiger partial charge in [0.05, 0.1) is 10.9 Å². The van der Waals surface area contributed by atoms with Crippen molar-refractivity contribution in [1.82, 2.24) is 5.32 Å². The molecule has 3 nitrogen and oxygen atoms in total. The molecule has 2 atom stereocenters. The second-order valence-electron chi connectivity index (χ2n) is 4.74. The van der Waals surface area contributed by atoms with Crippen molar-refractivity contribution in [3.05, 3.63) is 0 Å². The first-order chi connectivity index (χ1) is 7.38. The van der Waals surface area contributed by atoms with E-state index in [2.05, 4.69) is 19.2 Å². The number of rotatable bonds is 7. The minimum Gasteiger partial charge on any atom is -0.393 e. The van der Waals surface area contributed by atoms with E-state index in [-0.39, 0.29) is 22.9 Å². The van der Waals surface area contributed by atoms with Gasteiger partial charge in [-0.2, -0.15) is 0 Å². The number of hydrogen-bond donors (Lipinski definition) is 2. The summed E-state index contributed by atoms with van der Waals surface area (Å²) in [6.45, 7) is 8.30. The van der Waals surface area contributed by atoms with Crippen molar-refractivity contribution in [3.63, 3.8) is 0 Å². The van der Waals surface area contributed by atoms with Gasteiger partial charge in [0.15, 0.2) is 0 Å². The first kappa shape index (κ1) is 15.4. The molecule has 0 aromatic carbocycles. The van der Waals surface area contributed by atoms with Gasteiger partial charge in [-0.1, -0.05) is 33.0 Å². The molecule has 0 bridgehead atoms. The highest BCUT2D eigenvalue weighted by atomic mass is 32.1. The fourth-order valence-electron chi connectivity index (χ4n) is 1.51. The lowest BCUT2D eigenvalue weighted by Crippen LogP contribution is -2.41. The van der Waals surface area contributed by atoms with Gasteiger partial charge in [-0.25, -0.2) is 0 Å². The van der Waals surface area contributed by atoms with Crippen molar-refractivity contribution in [3.8, 4) is 0 Å². The average molecular weight is 244 g/mol. The van der Waals surface area contributed by atoms with Crippen LogP contribution in [0.4, 0.5) is 0 Å². The minimum absolute atomic E-state index is 0.0359. The lowest BCUT2D eigenvalue weighted by atomic mass is 10.0. The van der Waals surface area contributed by atoms with E-state index in [9.17, 15) is 4.79 Å². The van der Waals surface area contributed by atoms with Gasteiger partial charge in [0.25, 0.3) is 0 Å². The third kappa shape index (κ3) is 6.05. The van der Waals surface area contributed by atoms with E-state index in [4.69, 9.17) is 18.0 Å². The number of thiocarbonyl (C=S) groups is 1. The molecule has 0 aliphatic heterocycles. The van der Waals surface area contributed by atoms with Gasteiger partial charge >= 0.3 is 0 Å². The van der Waals surface area contributed by atoms with Gasteiger partial charge in [-0.3, -0.25) is 4.79 Å². The zero-order valence-corrected chi connectivity index (χ0v) is 11.6. The summed E-state index contributed by atoms with van der Waals surface area (Å²) in [6.07, 6.45) is 2.78. The lowest BCUT2D eigenvalue weighted by molar-refractivity contribution is -0.123. The van der Waals surface area contributed by atoms with Gasteiger partial charge in [-0.15, -0.1) is 0 Å². The maximum Gasteiger partial charge on any atom is 0.230 e. The predicted octanol–water partition coefficient (Wildman–Crippen LogP) is 2.24. The molecule has 1 amide bonds. The Morgan fingerprint density at radius 2 is 1.88 bits per heavy atom. The van der Waals surface area contributed by atoms with Gasteiger partial charge in [0.1, 0.15) is 0 Å². The molecule has 0 rings (SSSR count). The van der Waals surface area contributed by atoms with Crippen molar-refractivity contribution in [1.29, 1.82) is 0 Å². The van der Waals surface area contributed by atoms with Gasteiger partial charge in [-0.05, 0) is 32.1 Å². The molecule has 0 aliphatic rings. The molecule has 0 aromatic rings. The average Bonchev–Trinajstić information content (AvgIpc) is 2.15. The smallest absolute Gasteiger partial charge is 0.230 e. The maximum atomic E-state index is 11.8. The van der Waals surface area contributed by atoms with Crippen LogP contribution in [0.2, 0.25) is 0 Å². The van der Waals surface area contributed by atoms with Crippen LogP contribution in [0.3, 0.4) is 0 Å². The van der Waals surface area contributed by atoms with E-state index < -0.39 is 0 Å². The minimum atomic E-state index is -0.323. The lowest BCUT2D eigenvalue weighted by Gasteiger charge is -2.19. The van der Waals surface area contributed by atoms with E-state index in [0.717, 1.165) is 12.8 Å². The first-order valence-electron chi connectivity index (χ1n) is 5.98. The summed E-state index contributed by atoms with van der Waals surface area (Å²) in [5.74, 6) is 0.305. The summed E-state index contributed by atoms with van der Waals surface area (Å²) in [4.78, 5) is 12.1. The molecular formula is C12H24N2OS. The number of carbonyl (C=O) groups excluding carboxylic acids is 1. The van der Waals surface area contributed by atoms with Crippen LogP contribution in [0.1, 0.15) is 47.0 Å². The predicted molar refractivity (Wildman–Crippen MR) is 72.2 cm³/mol. The Balaban J connectivity index is 4.07. The summed E-state index contributed by atoms with van der Waals surface area (Å²) in [7, 11) is 0. The number of hydrogen-bond acceptors (Lipinski definition) is 2. The highest BCUT2D eigenvalue weighted by Gasteiger charge is 2.20. The molecule has 4 heteroatoms. The summed E-state index contributed by atoms with van der Waals surface area (Å²) in [5.41, 5.74) is 5.52. The number of nitrogens with one attached hydrogen (secondary N) is 1. The number of nitrogens with two attached hydrogens (primary N) is 1. The molecule has 0 saturated carbocycles. The van der Waals surface area contributed by atoms with Crippen LogP contribution in [0.5, 0.6) is 0 Å². The third-order valence-electron chi connectivity index (χ3n) is 2.63. The Kier molecular flexibility index (Phi) is 7.30. The topological polar surface area (TPSA) is 55.1 Å². The molecule has 0 aliphatic carbocycles. The zero-order chi connectivity index (χ0) is 12.7. The van der Waals surface area contributed by atoms with Crippen LogP contribution in [-0.4, -0.2) is 16.9 Å². The molecule has 0 fully saturated rings. The molecular weight excluding hydrogens is 220 g/mol. The van der Waals surface area contributed by atoms with E-state index in [1.807, 2.05) is 13.8 Å². The van der Waals surface area contributed by atoms with Crippen LogP contribution in [0, 0.1) is 11.8 Å². The number of carbonyl (C=O) groups is 1. The normalized spacial score (nSPS) is 14.6. The van der Waals surface area contributed by atoms with Crippen LogP contribution in [0.25, 0.3) is 0 Å². The molecule has 0 heterocycles. The molecule has 0 spiro atoms. The van der Waals surface area contributed by atoms with E-state index >= 15 is 0 Å². The Labute approximate surface area is 104 Å². The monoisotopic (exact) mass is 244 g/mol. The standard InChI is InChI=1S/C12H24N2OS/c1-5-10(11(13)16)12(15)14-9(4)7-6-8(2)3/h8-10H,5-7H2,1-4H3,(H2,13,16)(H,14,15). The quantitative estimate of drug-likeness (QED) is 0.675. The zero-order valence-electron chi connectivity index (χ0n) is 10.7. The maximum absolute atomic E-state index is 11.8. The Morgan fingerprint density at radius 1 is 1.31 bits per heavy atom. The summed E-state index contributed by atoms with van der Waals surface area (Å²) in [6, 6.07) is 0.193. The van der Waals surface area contributed by atoms with Crippen molar-refractivity contribution < 1.29 is 4.79 Å². The molecule has 0 aromatic heterocycles. The highest BCUT2D eigenvalue weighted by Crippen LogP contribution is 2.08. The van der Waals surface area contributed by atoms with Crippen molar-refractivity contribution in [2.75, 3.05) is 0 Å². The fourth-order valence-corrected chi connectivity index (χ4v) is 1.79. The van der Waals surface area contributed by atoms with Crippen LogP contribution < -0.4 is 11.1 Å². The van der Waals surface area contributed by atoms with Crippen LogP contribution in [-0.2, 0) is 4.79 Å². The van der Waals surface area contributed by atoms with Crippen LogP contribution in [0.15, 0.2) is 0 Å². The second-order valence-corrected chi connectivity index (χ2v) is 5.22. The van der Waals surface area contributed by atoms with E-state index in [1.165, 1.54) is 0 Å². The molecule has 0 radical (unpaired) electrons. The fraction of sp³-hybridized carbons (Fsp3) is 0.833. The molecule has 94 valence electrons. The van der Waals surface area contributed by atoms with Gasteiger partial charge in [0, 0.05) is 6.04 Å². The summed E-state index contributed by atoms with van der Waals surface area (Å²) in [5, 5.41) is 2.96. The van der Waals surface area contributed by atoms with E-state index in [1.54, 1.807) is 0 Å². The van der Waals surface area contributed by atoms with Crippen molar-refractivity contribution in [2.45, 2.75) is 53.0 Å². The Hall–Kier alpha value is -0.640. The highest BCUT2D eigenvalue weighted by molar-refractivity contribution is 7.80. The number of amides is 1. The Bertz CT molecular complexity index is 241. The molecule has 2 unspecified atom stereocenters. The van der Waals surface area contributed by atoms with Gasteiger partial charge in [0.2, 0.25) is 5.91 Å². The molecule has 16 heavy (non-hydrogen) atoms. The largest absolute Gasteiger partial charge is 0.393 e. The molecule has 0 saturated heterocycles. The first-order valence-corrected chi connectivity index (χ1v) is 6.39. The van der Waals surface area contributed by atoms with Crippen LogP contribution >= 0.6 is 12.2 Å². The van der Waals surface area contributed by atoms with Gasteiger partial charge < -0.3 is 11.1 Å². The van der Waals surface area contributed by atoms with Crippen molar-refractivity contribution >= 4 is 23.1 Å². The molecule has 3 N–H and O–H groups in total. The SMILES string of the molecule is CCC(C(=O)NC(C)CCC(C)C)C(N)=S. The van der Waals surface area contributed by atoms with Crippen molar-refractivity contribution in [2.24, 2.45) is 17.6 Å². The second kappa shape index (κ2) is 7.60. The summed E-state index contributed by atoms with van der Waals surface area (Å²) >= 11 is 4.87.